The van der Waals surface area contributed by atoms with Gasteiger partial charge in [0.25, 0.3) is 11.7 Å². The van der Waals surface area contributed by atoms with Gasteiger partial charge in [0.1, 0.15) is 5.75 Å². The molecule has 1 saturated heterocycles. The number of morpholine rings is 1. The van der Waals surface area contributed by atoms with E-state index in [1.54, 1.807) is 12.1 Å². The number of amides is 1. The molecule has 0 N–H and O–H groups in total. The van der Waals surface area contributed by atoms with E-state index >= 15 is 0 Å². The van der Waals surface area contributed by atoms with E-state index in [0.29, 0.717) is 37.6 Å². The molecule has 19 heavy (non-hydrogen) atoms. The van der Waals surface area contributed by atoms with Crippen LogP contribution < -0.4 is 4.74 Å². The Balaban J connectivity index is 2.23. The smallest absolute Gasteiger partial charge is 0.295 e. The van der Waals surface area contributed by atoms with E-state index in [1.165, 1.54) is 12.0 Å². The van der Waals surface area contributed by atoms with Gasteiger partial charge in [-0.05, 0) is 19.1 Å². The van der Waals surface area contributed by atoms with Gasteiger partial charge in [0, 0.05) is 13.1 Å². The highest BCUT2D eigenvalue weighted by atomic mass is 16.5. The van der Waals surface area contributed by atoms with Crippen molar-refractivity contribution in [3.05, 3.63) is 29.3 Å². The van der Waals surface area contributed by atoms with Gasteiger partial charge in [-0.15, -0.1) is 0 Å². The van der Waals surface area contributed by atoms with Crippen LogP contribution in [-0.2, 0) is 9.53 Å². The Morgan fingerprint density at radius 1 is 1.26 bits per heavy atom. The maximum Gasteiger partial charge on any atom is 0.295 e. The lowest BCUT2D eigenvalue weighted by Gasteiger charge is -2.26. The van der Waals surface area contributed by atoms with Crippen LogP contribution >= 0.6 is 0 Å². The Labute approximate surface area is 112 Å². The molecule has 0 spiro atoms. The SMILES string of the molecule is COc1ccc(C)cc1C(=O)C(=O)N1CCOCC1. The van der Waals surface area contributed by atoms with E-state index in [1.807, 2.05) is 13.0 Å². The number of carbonyl (C=O) groups excluding carboxylic acids is 2. The molecule has 5 heteroatoms. The number of nitrogens with zero attached hydrogens (tertiary/aromatic N) is 1. The number of ether oxygens (including phenoxy) is 2. The molecule has 1 amide bonds. The zero-order valence-electron chi connectivity index (χ0n) is 11.1. The third-order valence-electron chi connectivity index (χ3n) is 3.09. The average molecular weight is 263 g/mol. The lowest BCUT2D eigenvalue weighted by Crippen LogP contribution is -2.44. The van der Waals surface area contributed by atoms with Crippen LogP contribution in [0.4, 0.5) is 0 Å². The van der Waals surface area contributed by atoms with Gasteiger partial charge in [-0.1, -0.05) is 11.6 Å². The molecule has 0 unspecified atom stereocenters. The Hall–Kier alpha value is -1.88. The molecule has 2 rings (SSSR count). The molecule has 1 aliphatic heterocycles. The summed E-state index contributed by atoms with van der Waals surface area (Å²) in [6.07, 6.45) is 0. The van der Waals surface area contributed by atoms with Crippen molar-refractivity contribution in [2.75, 3.05) is 33.4 Å². The van der Waals surface area contributed by atoms with Crippen molar-refractivity contribution in [2.24, 2.45) is 0 Å². The maximum absolute atomic E-state index is 12.3. The van der Waals surface area contributed by atoms with Crippen LogP contribution in [0.25, 0.3) is 0 Å². The van der Waals surface area contributed by atoms with Crippen molar-refractivity contribution >= 4 is 11.7 Å². The summed E-state index contributed by atoms with van der Waals surface area (Å²) in [4.78, 5) is 25.9. The monoisotopic (exact) mass is 263 g/mol. The van der Waals surface area contributed by atoms with Gasteiger partial charge in [-0.25, -0.2) is 0 Å². The lowest BCUT2D eigenvalue weighted by molar-refractivity contribution is -0.130. The molecule has 0 atom stereocenters. The number of hydrogen-bond acceptors (Lipinski definition) is 4. The number of benzene rings is 1. The van der Waals surface area contributed by atoms with Crippen LogP contribution in [0, 0.1) is 6.92 Å². The van der Waals surface area contributed by atoms with E-state index in [-0.39, 0.29) is 0 Å². The molecule has 1 aromatic carbocycles. The minimum Gasteiger partial charge on any atom is -0.496 e. The van der Waals surface area contributed by atoms with Crippen molar-refractivity contribution in [3.8, 4) is 5.75 Å². The summed E-state index contributed by atoms with van der Waals surface area (Å²) in [5, 5.41) is 0. The van der Waals surface area contributed by atoms with Gasteiger partial charge < -0.3 is 14.4 Å². The van der Waals surface area contributed by atoms with Crippen molar-refractivity contribution in [3.63, 3.8) is 0 Å². The summed E-state index contributed by atoms with van der Waals surface area (Å²) in [5.41, 5.74) is 1.23. The van der Waals surface area contributed by atoms with Crippen LogP contribution in [0.2, 0.25) is 0 Å². The second kappa shape index (κ2) is 5.84. The predicted octanol–water partition coefficient (Wildman–Crippen LogP) is 1.05. The molecule has 0 aliphatic carbocycles. The molecular formula is C14H17NO4. The van der Waals surface area contributed by atoms with Crippen molar-refractivity contribution in [1.82, 2.24) is 4.90 Å². The van der Waals surface area contributed by atoms with Gasteiger partial charge in [0.2, 0.25) is 0 Å². The topological polar surface area (TPSA) is 55.8 Å². The third kappa shape index (κ3) is 2.93. The summed E-state index contributed by atoms with van der Waals surface area (Å²) in [5.74, 6) is -0.591. The number of carbonyl (C=O) groups is 2. The maximum atomic E-state index is 12.3. The van der Waals surface area contributed by atoms with Crippen molar-refractivity contribution in [2.45, 2.75) is 6.92 Å². The second-order valence-corrected chi connectivity index (χ2v) is 4.44. The van der Waals surface area contributed by atoms with E-state index in [2.05, 4.69) is 0 Å². The molecule has 1 aromatic rings. The summed E-state index contributed by atoms with van der Waals surface area (Å²) >= 11 is 0. The van der Waals surface area contributed by atoms with Gasteiger partial charge in [-0.2, -0.15) is 0 Å². The number of hydrogen-bond donors (Lipinski definition) is 0. The molecule has 1 fully saturated rings. The number of methoxy groups -OCH3 is 1. The highest BCUT2D eigenvalue weighted by Gasteiger charge is 2.26. The van der Waals surface area contributed by atoms with Crippen molar-refractivity contribution in [1.29, 1.82) is 0 Å². The number of aryl methyl sites for hydroxylation is 1. The fraction of sp³-hybridized carbons (Fsp3) is 0.429. The Bertz CT molecular complexity index is 492. The third-order valence-corrected chi connectivity index (χ3v) is 3.09. The minimum absolute atomic E-state index is 0.319. The fourth-order valence-electron chi connectivity index (χ4n) is 2.02. The Kier molecular flexibility index (Phi) is 4.16. The number of rotatable bonds is 3. The normalized spacial score (nSPS) is 15.2. The van der Waals surface area contributed by atoms with Gasteiger partial charge in [0.15, 0.2) is 0 Å². The van der Waals surface area contributed by atoms with Gasteiger partial charge >= 0.3 is 0 Å². The van der Waals surface area contributed by atoms with Crippen LogP contribution in [0.15, 0.2) is 18.2 Å². The molecule has 0 saturated carbocycles. The molecule has 5 nitrogen and oxygen atoms in total. The minimum atomic E-state index is -0.526. The van der Waals surface area contributed by atoms with Crippen LogP contribution in [-0.4, -0.2) is 50.0 Å². The van der Waals surface area contributed by atoms with Crippen LogP contribution in [0.1, 0.15) is 15.9 Å². The predicted molar refractivity (Wildman–Crippen MR) is 69.5 cm³/mol. The zero-order valence-corrected chi connectivity index (χ0v) is 11.1. The average Bonchev–Trinajstić information content (AvgIpc) is 2.46. The highest BCUT2D eigenvalue weighted by molar-refractivity contribution is 6.43. The summed E-state index contributed by atoms with van der Waals surface area (Å²) in [6.45, 7) is 3.74. The summed E-state index contributed by atoms with van der Waals surface area (Å²) in [7, 11) is 1.49. The molecule has 1 aliphatic rings. The van der Waals surface area contributed by atoms with Gasteiger partial charge in [-0.3, -0.25) is 9.59 Å². The Morgan fingerprint density at radius 2 is 1.95 bits per heavy atom. The molecule has 1 heterocycles. The number of Topliss-reactive ketones (excluding diaryl/α,β-unsaturated/α-hetero) is 1. The van der Waals surface area contributed by atoms with Crippen molar-refractivity contribution < 1.29 is 19.1 Å². The van der Waals surface area contributed by atoms with E-state index < -0.39 is 11.7 Å². The van der Waals surface area contributed by atoms with Crippen LogP contribution in [0.5, 0.6) is 5.75 Å². The zero-order chi connectivity index (χ0) is 13.8. The number of ketones is 1. The van der Waals surface area contributed by atoms with Crippen LogP contribution in [0.3, 0.4) is 0 Å². The molecule has 0 bridgehead atoms. The first-order valence-electron chi connectivity index (χ1n) is 6.19. The summed E-state index contributed by atoms with van der Waals surface area (Å²) in [6, 6.07) is 5.23. The largest absolute Gasteiger partial charge is 0.496 e. The first-order valence-corrected chi connectivity index (χ1v) is 6.19. The van der Waals surface area contributed by atoms with Gasteiger partial charge in [0.05, 0.1) is 25.9 Å². The highest BCUT2D eigenvalue weighted by Crippen LogP contribution is 2.21. The second-order valence-electron chi connectivity index (χ2n) is 4.44. The molecular weight excluding hydrogens is 246 g/mol. The molecule has 0 radical (unpaired) electrons. The van der Waals surface area contributed by atoms with E-state index in [9.17, 15) is 9.59 Å². The quantitative estimate of drug-likeness (QED) is 0.604. The first kappa shape index (κ1) is 13.5. The fourth-order valence-corrected chi connectivity index (χ4v) is 2.02. The molecule has 102 valence electrons. The van der Waals surface area contributed by atoms with E-state index in [0.717, 1.165) is 5.56 Å². The standard InChI is InChI=1S/C14H17NO4/c1-10-3-4-12(18-2)11(9-10)13(16)14(17)15-5-7-19-8-6-15/h3-4,9H,5-8H2,1-2H3. The van der Waals surface area contributed by atoms with E-state index in [4.69, 9.17) is 9.47 Å². The summed E-state index contributed by atoms with van der Waals surface area (Å²) < 4.78 is 10.3. The lowest BCUT2D eigenvalue weighted by atomic mass is 10.1. The Morgan fingerprint density at radius 3 is 2.58 bits per heavy atom. The molecule has 0 aromatic heterocycles. The first-order chi connectivity index (χ1) is 9.13.